The number of hydrogen-bond donors (Lipinski definition) is 4. The van der Waals surface area contributed by atoms with Crippen molar-refractivity contribution in [1.29, 1.82) is 0 Å². The van der Waals surface area contributed by atoms with E-state index >= 15 is 0 Å². The standard InChI is InChI=1S/C18H15ClFN5O3S/c1-27-12-5-2-10(3-6-12)22-18(29)23-15-9-28-25-16(15)17(24-26)21-11-4-7-14(20)13(19)8-11/h2-9,26H,1H3,(H,21,24)(H2,22,23,29). The summed E-state index contributed by atoms with van der Waals surface area (Å²) in [7, 11) is 1.58. The maximum absolute atomic E-state index is 13.3. The summed E-state index contributed by atoms with van der Waals surface area (Å²) in [6, 6.07) is 11.0. The van der Waals surface area contributed by atoms with Crippen LogP contribution in [0.5, 0.6) is 5.75 Å². The summed E-state index contributed by atoms with van der Waals surface area (Å²) >= 11 is 11.0. The molecule has 1 aromatic heterocycles. The molecular formula is C18H15ClFN5O3S. The number of halogens is 2. The molecule has 2 aromatic carbocycles. The molecule has 0 radical (unpaired) electrons. The normalized spacial score (nSPS) is 11.1. The Bertz CT molecular complexity index is 1040. The van der Waals surface area contributed by atoms with Gasteiger partial charge >= 0.3 is 0 Å². The van der Waals surface area contributed by atoms with Crippen molar-refractivity contribution in [2.75, 3.05) is 17.7 Å². The van der Waals surface area contributed by atoms with E-state index < -0.39 is 5.82 Å². The number of anilines is 2. The number of aliphatic imine (C=N–C) groups is 1. The molecule has 0 fully saturated rings. The van der Waals surface area contributed by atoms with Gasteiger partial charge in [-0.1, -0.05) is 16.8 Å². The summed E-state index contributed by atoms with van der Waals surface area (Å²) in [6.45, 7) is 0. The van der Waals surface area contributed by atoms with Gasteiger partial charge in [-0.2, -0.15) is 0 Å². The number of amidine groups is 1. The van der Waals surface area contributed by atoms with Crippen LogP contribution in [0.3, 0.4) is 0 Å². The highest BCUT2D eigenvalue weighted by Gasteiger charge is 2.16. The molecule has 3 aromatic rings. The number of ether oxygens (including phenoxy) is 1. The van der Waals surface area contributed by atoms with Crippen molar-refractivity contribution in [1.82, 2.24) is 10.6 Å². The summed E-state index contributed by atoms with van der Waals surface area (Å²) in [5, 5.41) is 19.3. The molecule has 150 valence electrons. The highest BCUT2D eigenvalue weighted by Crippen LogP contribution is 2.23. The predicted molar refractivity (Wildman–Crippen MR) is 112 cm³/mol. The van der Waals surface area contributed by atoms with Gasteiger partial charge in [-0.05, 0) is 54.7 Å². The fraction of sp³-hybridized carbons (Fsp3) is 0.0556. The Kier molecular flexibility index (Phi) is 6.60. The highest BCUT2D eigenvalue weighted by molar-refractivity contribution is 7.80. The van der Waals surface area contributed by atoms with E-state index in [1.54, 1.807) is 31.4 Å². The van der Waals surface area contributed by atoms with Crippen molar-refractivity contribution in [3.05, 3.63) is 65.3 Å². The van der Waals surface area contributed by atoms with Crippen LogP contribution < -0.4 is 20.9 Å². The zero-order chi connectivity index (χ0) is 20.8. The lowest BCUT2D eigenvalue weighted by Crippen LogP contribution is -2.24. The van der Waals surface area contributed by atoms with Gasteiger partial charge in [0.15, 0.2) is 16.6 Å². The molecule has 0 aliphatic carbocycles. The second-order valence-corrected chi connectivity index (χ2v) is 6.37. The van der Waals surface area contributed by atoms with Crippen LogP contribution in [0.15, 0.2) is 58.2 Å². The lowest BCUT2D eigenvalue weighted by atomic mass is 10.3. The molecule has 0 atom stereocenters. The van der Waals surface area contributed by atoms with Gasteiger partial charge in [0, 0.05) is 5.69 Å². The molecule has 3 rings (SSSR count). The van der Waals surface area contributed by atoms with Crippen LogP contribution in [0.4, 0.5) is 21.5 Å². The molecule has 0 spiro atoms. The Hall–Kier alpha value is -3.21. The topological polar surface area (TPSA) is 104 Å². The minimum absolute atomic E-state index is 0.0591. The molecule has 0 saturated carbocycles. The SMILES string of the molecule is COc1ccc(NC(=S)Nc2conc2C(=Nc2ccc(F)c(Cl)c2)NO)cc1. The Labute approximate surface area is 175 Å². The van der Waals surface area contributed by atoms with E-state index in [1.165, 1.54) is 18.4 Å². The Balaban J connectivity index is 1.76. The first-order valence-corrected chi connectivity index (χ1v) is 8.89. The zero-order valence-electron chi connectivity index (χ0n) is 14.9. The number of aromatic nitrogens is 1. The first-order valence-electron chi connectivity index (χ1n) is 8.11. The third-order valence-electron chi connectivity index (χ3n) is 3.64. The molecule has 0 unspecified atom stereocenters. The van der Waals surface area contributed by atoms with Crippen LogP contribution in [0.2, 0.25) is 5.02 Å². The molecule has 0 aliphatic heterocycles. The number of benzene rings is 2. The highest BCUT2D eigenvalue weighted by atomic mass is 35.5. The minimum Gasteiger partial charge on any atom is -0.497 e. The van der Waals surface area contributed by atoms with E-state index in [-0.39, 0.29) is 21.7 Å². The average Bonchev–Trinajstić information content (AvgIpc) is 3.17. The van der Waals surface area contributed by atoms with Crippen LogP contribution in [-0.4, -0.2) is 28.4 Å². The van der Waals surface area contributed by atoms with Crippen molar-refractivity contribution in [2.45, 2.75) is 0 Å². The number of hydroxylamine groups is 1. The van der Waals surface area contributed by atoms with Crippen molar-refractivity contribution >= 4 is 51.8 Å². The van der Waals surface area contributed by atoms with Crippen molar-refractivity contribution in [2.24, 2.45) is 4.99 Å². The molecule has 0 bridgehead atoms. The molecule has 8 nitrogen and oxygen atoms in total. The number of methoxy groups -OCH3 is 1. The number of hydrogen-bond acceptors (Lipinski definition) is 6. The molecule has 4 N–H and O–H groups in total. The van der Waals surface area contributed by atoms with Crippen LogP contribution in [0.1, 0.15) is 5.69 Å². The van der Waals surface area contributed by atoms with Gasteiger partial charge in [-0.25, -0.2) is 9.38 Å². The van der Waals surface area contributed by atoms with Gasteiger partial charge in [-0.15, -0.1) is 0 Å². The Morgan fingerprint density at radius 1 is 1.24 bits per heavy atom. The first-order chi connectivity index (χ1) is 14.0. The summed E-state index contributed by atoms with van der Waals surface area (Å²) < 4.78 is 23.4. The summed E-state index contributed by atoms with van der Waals surface area (Å²) in [5.74, 6) is 0.0746. The average molecular weight is 436 g/mol. The van der Waals surface area contributed by atoms with Gasteiger partial charge in [0.05, 0.1) is 17.8 Å². The number of rotatable bonds is 5. The molecule has 0 saturated heterocycles. The van der Waals surface area contributed by atoms with E-state index in [4.69, 9.17) is 33.1 Å². The molecule has 11 heteroatoms. The second-order valence-electron chi connectivity index (χ2n) is 5.56. The zero-order valence-corrected chi connectivity index (χ0v) is 16.5. The number of nitrogens with zero attached hydrogens (tertiary/aromatic N) is 2. The predicted octanol–water partition coefficient (Wildman–Crippen LogP) is 4.34. The first kappa shape index (κ1) is 20.5. The molecule has 1 heterocycles. The summed E-state index contributed by atoms with van der Waals surface area (Å²) in [5.41, 5.74) is 3.44. The van der Waals surface area contributed by atoms with E-state index in [2.05, 4.69) is 20.8 Å². The Morgan fingerprint density at radius 3 is 2.66 bits per heavy atom. The molecule has 0 aliphatic rings. The van der Waals surface area contributed by atoms with Gasteiger partial charge < -0.3 is 19.9 Å². The lowest BCUT2D eigenvalue weighted by Gasteiger charge is -2.11. The Morgan fingerprint density at radius 2 is 2.00 bits per heavy atom. The van der Waals surface area contributed by atoms with E-state index in [9.17, 15) is 9.60 Å². The number of nitrogens with one attached hydrogen (secondary N) is 3. The van der Waals surface area contributed by atoms with Gasteiger partial charge in [0.1, 0.15) is 23.5 Å². The molecule has 0 amide bonds. The monoisotopic (exact) mass is 435 g/mol. The minimum atomic E-state index is -0.581. The number of thiocarbonyl (C=S) groups is 1. The van der Waals surface area contributed by atoms with Gasteiger partial charge in [0.25, 0.3) is 0 Å². The molecular weight excluding hydrogens is 421 g/mol. The summed E-state index contributed by atoms with van der Waals surface area (Å²) in [6.07, 6.45) is 1.29. The fourth-order valence-electron chi connectivity index (χ4n) is 2.27. The van der Waals surface area contributed by atoms with E-state index in [1.807, 2.05) is 5.48 Å². The van der Waals surface area contributed by atoms with Crippen molar-refractivity contribution < 1.29 is 18.9 Å². The molecule has 29 heavy (non-hydrogen) atoms. The third kappa shape index (κ3) is 5.19. The van der Waals surface area contributed by atoms with E-state index in [0.29, 0.717) is 17.1 Å². The van der Waals surface area contributed by atoms with E-state index in [0.717, 1.165) is 11.8 Å². The second kappa shape index (κ2) is 9.32. The largest absolute Gasteiger partial charge is 0.497 e. The maximum atomic E-state index is 13.3. The smallest absolute Gasteiger partial charge is 0.182 e. The van der Waals surface area contributed by atoms with Gasteiger partial charge in [-0.3, -0.25) is 10.7 Å². The van der Waals surface area contributed by atoms with Crippen LogP contribution in [0, 0.1) is 5.82 Å². The van der Waals surface area contributed by atoms with Crippen LogP contribution in [0.25, 0.3) is 0 Å². The lowest BCUT2D eigenvalue weighted by molar-refractivity contribution is 0.234. The van der Waals surface area contributed by atoms with Crippen molar-refractivity contribution in [3.63, 3.8) is 0 Å². The van der Waals surface area contributed by atoms with Crippen molar-refractivity contribution in [3.8, 4) is 5.75 Å². The van der Waals surface area contributed by atoms with Crippen LogP contribution >= 0.6 is 23.8 Å². The van der Waals surface area contributed by atoms with Gasteiger partial charge in [0.2, 0.25) is 0 Å². The summed E-state index contributed by atoms with van der Waals surface area (Å²) in [4.78, 5) is 4.16. The third-order valence-corrected chi connectivity index (χ3v) is 4.13. The fourth-order valence-corrected chi connectivity index (χ4v) is 2.67. The maximum Gasteiger partial charge on any atom is 0.182 e. The quantitative estimate of drug-likeness (QED) is 0.203. The van der Waals surface area contributed by atoms with Crippen LogP contribution in [-0.2, 0) is 0 Å².